The molecule has 0 radical (unpaired) electrons. The topological polar surface area (TPSA) is 84.2 Å². The Balaban J connectivity index is 1.84. The number of rotatable bonds is 6. The van der Waals surface area contributed by atoms with E-state index in [1.807, 2.05) is 0 Å². The molecular weight excluding hydrogens is 294 g/mol. The first-order valence-electron chi connectivity index (χ1n) is 7.22. The van der Waals surface area contributed by atoms with Gasteiger partial charge >= 0.3 is 5.69 Å². The summed E-state index contributed by atoms with van der Waals surface area (Å²) in [5, 5.41) is 13.8. The Bertz CT molecular complexity index is 499. The van der Waals surface area contributed by atoms with Crippen LogP contribution in [0.3, 0.4) is 0 Å². The predicted octanol–water partition coefficient (Wildman–Crippen LogP) is 2.71. The number of likely N-dealkylation sites (tertiary alicyclic amines) is 1. The van der Waals surface area contributed by atoms with Crippen molar-refractivity contribution in [1.82, 2.24) is 14.9 Å². The summed E-state index contributed by atoms with van der Waals surface area (Å²) in [5.41, 5.74) is -0.259. The Morgan fingerprint density at radius 2 is 2.33 bits per heavy atom. The highest BCUT2D eigenvalue weighted by molar-refractivity contribution is 6.31. The van der Waals surface area contributed by atoms with Gasteiger partial charge < -0.3 is 10.2 Å². The number of hydrogen-bond acceptors (Lipinski definition) is 6. The molecule has 1 fully saturated rings. The van der Waals surface area contributed by atoms with E-state index in [9.17, 15) is 10.1 Å². The molecule has 1 aromatic rings. The van der Waals surface area contributed by atoms with Crippen molar-refractivity contribution in [3.63, 3.8) is 0 Å². The summed E-state index contributed by atoms with van der Waals surface area (Å²) < 4.78 is 0. The lowest BCUT2D eigenvalue weighted by atomic mass is 10.0. The summed E-state index contributed by atoms with van der Waals surface area (Å²) in [6.45, 7) is 5.00. The van der Waals surface area contributed by atoms with Gasteiger partial charge in [-0.15, -0.1) is 0 Å². The van der Waals surface area contributed by atoms with E-state index in [1.54, 1.807) is 0 Å². The predicted molar refractivity (Wildman–Crippen MR) is 81.7 cm³/mol. The second-order valence-corrected chi connectivity index (χ2v) is 5.64. The van der Waals surface area contributed by atoms with Gasteiger partial charge in [-0.3, -0.25) is 10.1 Å². The average molecular weight is 314 g/mol. The standard InChI is InChI=1S/C13H20ClN5O2/c1-10-5-2-3-7-18(10)8-4-6-15-13-11(19(20)21)12(14)16-9-17-13/h9-10H,2-8H2,1H3,(H,15,16,17). The largest absolute Gasteiger partial charge is 0.364 e. The summed E-state index contributed by atoms with van der Waals surface area (Å²) >= 11 is 5.74. The number of piperidine rings is 1. The molecule has 2 rings (SSSR count). The Labute approximate surface area is 128 Å². The lowest BCUT2D eigenvalue weighted by Crippen LogP contribution is -2.38. The smallest absolute Gasteiger partial charge is 0.348 e. The van der Waals surface area contributed by atoms with Crippen molar-refractivity contribution >= 4 is 23.1 Å². The monoisotopic (exact) mass is 313 g/mol. The van der Waals surface area contributed by atoms with E-state index in [4.69, 9.17) is 11.6 Å². The van der Waals surface area contributed by atoms with Crippen molar-refractivity contribution in [2.24, 2.45) is 0 Å². The van der Waals surface area contributed by atoms with E-state index in [0.717, 1.165) is 19.5 Å². The highest BCUT2D eigenvalue weighted by Crippen LogP contribution is 2.28. The van der Waals surface area contributed by atoms with Crippen LogP contribution in [0.2, 0.25) is 5.15 Å². The Hall–Kier alpha value is -1.47. The van der Waals surface area contributed by atoms with Crippen LogP contribution in [0.4, 0.5) is 11.5 Å². The number of nitro groups is 1. The number of halogens is 1. The number of nitrogens with zero attached hydrogens (tertiary/aromatic N) is 4. The molecule has 116 valence electrons. The third-order valence-electron chi connectivity index (χ3n) is 3.82. The maximum Gasteiger partial charge on any atom is 0.348 e. The summed E-state index contributed by atoms with van der Waals surface area (Å²) in [6, 6.07) is 0.626. The van der Waals surface area contributed by atoms with Gasteiger partial charge in [0.05, 0.1) is 4.92 Å². The first-order chi connectivity index (χ1) is 10.1. The molecule has 1 saturated heterocycles. The van der Waals surface area contributed by atoms with Gasteiger partial charge in [-0.05, 0) is 32.7 Å². The van der Waals surface area contributed by atoms with E-state index in [1.165, 1.54) is 25.6 Å². The van der Waals surface area contributed by atoms with Crippen molar-refractivity contribution < 1.29 is 4.92 Å². The molecule has 1 unspecified atom stereocenters. The summed E-state index contributed by atoms with van der Waals surface area (Å²) in [7, 11) is 0. The Kier molecular flexibility index (Phi) is 5.69. The minimum atomic E-state index is -0.558. The molecule has 1 aliphatic heterocycles. The summed E-state index contributed by atoms with van der Waals surface area (Å²) in [4.78, 5) is 20.4. The fourth-order valence-electron chi connectivity index (χ4n) is 2.63. The van der Waals surface area contributed by atoms with Crippen LogP contribution < -0.4 is 5.32 Å². The van der Waals surface area contributed by atoms with Gasteiger partial charge in [-0.25, -0.2) is 9.97 Å². The van der Waals surface area contributed by atoms with Crippen molar-refractivity contribution in [3.05, 3.63) is 21.6 Å². The molecule has 1 aliphatic rings. The molecule has 8 heteroatoms. The van der Waals surface area contributed by atoms with Crippen LogP contribution in [0.1, 0.15) is 32.6 Å². The lowest BCUT2D eigenvalue weighted by Gasteiger charge is -2.33. The van der Waals surface area contributed by atoms with Gasteiger partial charge in [0, 0.05) is 19.1 Å². The molecule has 0 aliphatic carbocycles. The minimum absolute atomic E-state index is 0.137. The van der Waals surface area contributed by atoms with Crippen LogP contribution in [-0.2, 0) is 0 Å². The minimum Gasteiger partial charge on any atom is -0.364 e. The van der Waals surface area contributed by atoms with Gasteiger partial charge in [0.25, 0.3) is 0 Å². The molecule has 0 aromatic carbocycles. The molecule has 0 spiro atoms. The number of anilines is 1. The van der Waals surface area contributed by atoms with Crippen LogP contribution in [0, 0.1) is 10.1 Å². The zero-order valence-corrected chi connectivity index (χ0v) is 12.8. The quantitative estimate of drug-likeness (QED) is 0.376. The van der Waals surface area contributed by atoms with Crippen LogP contribution in [-0.4, -0.2) is 45.5 Å². The molecule has 0 saturated carbocycles. The third-order valence-corrected chi connectivity index (χ3v) is 4.09. The van der Waals surface area contributed by atoms with Crippen LogP contribution in [0.15, 0.2) is 6.33 Å². The highest BCUT2D eigenvalue weighted by atomic mass is 35.5. The van der Waals surface area contributed by atoms with Crippen molar-refractivity contribution in [1.29, 1.82) is 0 Å². The molecule has 7 nitrogen and oxygen atoms in total. The molecule has 0 amide bonds. The number of nitrogens with one attached hydrogen (secondary N) is 1. The van der Waals surface area contributed by atoms with Gasteiger partial charge in [-0.1, -0.05) is 18.0 Å². The van der Waals surface area contributed by atoms with E-state index in [0.29, 0.717) is 12.6 Å². The molecular formula is C13H20ClN5O2. The first kappa shape index (κ1) is 15.9. The highest BCUT2D eigenvalue weighted by Gasteiger charge is 2.21. The third kappa shape index (κ3) is 4.25. The van der Waals surface area contributed by atoms with Crippen molar-refractivity contribution in [2.45, 2.75) is 38.6 Å². The first-order valence-corrected chi connectivity index (χ1v) is 7.60. The average Bonchev–Trinajstić information content (AvgIpc) is 2.45. The molecule has 0 bridgehead atoms. The van der Waals surface area contributed by atoms with Crippen LogP contribution >= 0.6 is 11.6 Å². The SMILES string of the molecule is CC1CCCCN1CCCNc1ncnc(Cl)c1[N+](=O)[O-]. The molecule has 1 atom stereocenters. The maximum absolute atomic E-state index is 11.0. The Morgan fingerprint density at radius 3 is 3.05 bits per heavy atom. The summed E-state index contributed by atoms with van der Waals surface area (Å²) in [6.07, 6.45) is 5.94. The zero-order chi connectivity index (χ0) is 15.2. The maximum atomic E-state index is 11.0. The fraction of sp³-hybridized carbons (Fsp3) is 0.692. The van der Waals surface area contributed by atoms with E-state index in [2.05, 4.69) is 27.1 Å². The van der Waals surface area contributed by atoms with Crippen molar-refractivity contribution in [3.8, 4) is 0 Å². The fourth-order valence-corrected chi connectivity index (χ4v) is 2.83. The van der Waals surface area contributed by atoms with Gasteiger partial charge in [0.2, 0.25) is 11.0 Å². The number of aromatic nitrogens is 2. The van der Waals surface area contributed by atoms with E-state index < -0.39 is 4.92 Å². The van der Waals surface area contributed by atoms with E-state index in [-0.39, 0.29) is 16.7 Å². The van der Waals surface area contributed by atoms with E-state index >= 15 is 0 Å². The molecule has 1 N–H and O–H groups in total. The van der Waals surface area contributed by atoms with Crippen LogP contribution in [0.25, 0.3) is 0 Å². The summed E-state index contributed by atoms with van der Waals surface area (Å²) in [5.74, 6) is 0.187. The second kappa shape index (κ2) is 7.51. The number of hydrogen-bond donors (Lipinski definition) is 1. The van der Waals surface area contributed by atoms with Gasteiger partial charge in [0.1, 0.15) is 6.33 Å². The van der Waals surface area contributed by atoms with Gasteiger partial charge in [-0.2, -0.15) is 0 Å². The van der Waals surface area contributed by atoms with Crippen LogP contribution in [0.5, 0.6) is 0 Å². The Morgan fingerprint density at radius 1 is 1.52 bits per heavy atom. The lowest BCUT2D eigenvalue weighted by molar-refractivity contribution is -0.384. The molecule has 21 heavy (non-hydrogen) atoms. The zero-order valence-electron chi connectivity index (χ0n) is 12.1. The van der Waals surface area contributed by atoms with Gasteiger partial charge in [0.15, 0.2) is 0 Å². The molecule has 1 aromatic heterocycles. The second-order valence-electron chi connectivity index (χ2n) is 5.28. The normalized spacial score (nSPS) is 19.4. The molecule has 2 heterocycles. The van der Waals surface area contributed by atoms with Crippen molar-refractivity contribution in [2.75, 3.05) is 25.0 Å².